The summed E-state index contributed by atoms with van der Waals surface area (Å²) in [5.41, 5.74) is 0. The molecule has 4 unspecified atom stereocenters. The molecule has 0 aromatic carbocycles. The molecule has 2 amide bonds. The van der Waals surface area contributed by atoms with Crippen LogP contribution in [0.1, 0.15) is 26.7 Å². The highest BCUT2D eigenvalue weighted by atomic mass is 16.5. The molecule has 2 N–H and O–H groups in total. The lowest BCUT2D eigenvalue weighted by atomic mass is 10.2. The van der Waals surface area contributed by atoms with E-state index in [4.69, 9.17) is 9.84 Å². The second-order valence-electron chi connectivity index (χ2n) is 5.91. The van der Waals surface area contributed by atoms with Crippen molar-refractivity contribution in [2.45, 2.75) is 38.9 Å². The monoisotopic (exact) mass is 284 g/mol. The van der Waals surface area contributed by atoms with Gasteiger partial charge < -0.3 is 20.1 Å². The number of aliphatic hydroxyl groups excluding tert-OH is 1. The van der Waals surface area contributed by atoms with Gasteiger partial charge in [0.25, 0.3) is 0 Å². The quantitative estimate of drug-likeness (QED) is 0.730. The van der Waals surface area contributed by atoms with E-state index in [2.05, 4.69) is 12.2 Å². The Kier molecular flexibility index (Phi) is 4.99. The molecule has 1 aliphatic heterocycles. The van der Waals surface area contributed by atoms with Crippen molar-refractivity contribution < 1.29 is 19.4 Å². The van der Waals surface area contributed by atoms with Crippen molar-refractivity contribution in [1.82, 2.24) is 10.2 Å². The maximum absolute atomic E-state index is 12.1. The van der Waals surface area contributed by atoms with Gasteiger partial charge in [-0.25, -0.2) is 0 Å². The molecule has 0 radical (unpaired) electrons. The molecule has 6 heteroatoms. The van der Waals surface area contributed by atoms with Crippen LogP contribution in [-0.2, 0) is 14.3 Å². The van der Waals surface area contributed by atoms with Gasteiger partial charge in [-0.2, -0.15) is 0 Å². The molecule has 20 heavy (non-hydrogen) atoms. The summed E-state index contributed by atoms with van der Waals surface area (Å²) in [6, 6.07) is 0. The molecule has 0 spiro atoms. The van der Waals surface area contributed by atoms with Gasteiger partial charge in [-0.15, -0.1) is 0 Å². The average Bonchev–Trinajstić information content (AvgIpc) is 3.15. The third-order valence-electron chi connectivity index (χ3n) is 3.97. The molecule has 0 aromatic heterocycles. The van der Waals surface area contributed by atoms with Crippen LogP contribution in [0.5, 0.6) is 0 Å². The van der Waals surface area contributed by atoms with Crippen molar-refractivity contribution in [2.24, 2.45) is 11.8 Å². The Bertz CT molecular complexity index is 374. The van der Waals surface area contributed by atoms with Gasteiger partial charge in [0.1, 0.15) is 0 Å². The van der Waals surface area contributed by atoms with Crippen LogP contribution in [0, 0.1) is 11.8 Å². The van der Waals surface area contributed by atoms with Crippen LogP contribution in [0.3, 0.4) is 0 Å². The van der Waals surface area contributed by atoms with Gasteiger partial charge in [0.2, 0.25) is 11.8 Å². The number of ether oxygens (including phenoxy) is 1. The first-order valence-electron chi connectivity index (χ1n) is 7.33. The number of nitrogens with zero attached hydrogens (tertiary/aromatic N) is 1. The first-order chi connectivity index (χ1) is 9.51. The third-order valence-corrected chi connectivity index (χ3v) is 3.97. The Morgan fingerprint density at radius 2 is 2.05 bits per heavy atom. The largest absolute Gasteiger partial charge is 0.394 e. The number of rotatable bonds is 5. The van der Waals surface area contributed by atoms with Crippen molar-refractivity contribution in [1.29, 1.82) is 0 Å². The highest BCUT2D eigenvalue weighted by molar-refractivity contribution is 5.82. The molecule has 2 fully saturated rings. The second kappa shape index (κ2) is 6.54. The van der Waals surface area contributed by atoms with E-state index in [0.29, 0.717) is 32.0 Å². The maximum atomic E-state index is 12.1. The summed E-state index contributed by atoms with van der Waals surface area (Å²) >= 11 is 0. The second-order valence-corrected chi connectivity index (χ2v) is 5.91. The van der Waals surface area contributed by atoms with Crippen LogP contribution in [0.25, 0.3) is 0 Å². The molecule has 6 nitrogen and oxygen atoms in total. The number of nitrogens with one attached hydrogen (secondary N) is 1. The van der Waals surface area contributed by atoms with Crippen molar-refractivity contribution in [3.05, 3.63) is 0 Å². The third kappa shape index (κ3) is 3.93. The summed E-state index contributed by atoms with van der Waals surface area (Å²) < 4.78 is 5.50. The minimum absolute atomic E-state index is 0.00254. The number of aliphatic hydroxyl groups is 1. The van der Waals surface area contributed by atoms with Crippen molar-refractivity contribution >= 4 is 11.8 Å². The summed E-state index contributed by atoms with van der Waals surface area (Å²) in [4.78, 5) is 25.4. The van der Waals surface area contributed by atoms with Gasteiger partial charge >= 0.3 is 0 Å². The first-order valence-corrected chi connectivity index (χ1v) is 7.33. The SMILES string of the molecule is CC1CN(C(=O)CCNC(=O)C2CC2C)CC(CO)O1. The zero-order chi connectivity index (χ0) is 14.7. The molecule has 0 bridgehead atoms. The molecule has 2 rings (SSSR count). The van der Waals surface area contributed by atoms with E-state index >= 15 is 0 Å². The predicted molar refractivity (Wildman–Crippen MR) is 72.9 cm³/mol. The number of hydrogen-bond donors (Lipinski definition) is 2. The molecule has 1 aliphatic carbocycles. The summed E-state index contributed by atoms with van der Waals surface area (Å²) in [7, 11) is 0. The fourth-order valence-corrected chi connectivity index (χ4v) is 2.62. The van der Waals surface area contributed by atoms with Crippen molar-refractivity contribution in [3.8, 4) is 0 Å². The van der Waals surface area contributed by atoms with E-state index in [1.54, 1.807) is 4.90 Å². The number of amides is 2. The van der Waals surface area contributed by atoms with E-state index in [9.17, 15) is 9.59 Å². The van der Waals surface area contributed by atoms with E-state index in [1.165, 1.54) is 0 Å². The Hall–Kier alpha value is -1.14. The average molecular weight is 284 g/mol. The normalized spacial score (nSPS) is 32.9. The van der Waals surface area contributed by atoms with E-state index < -0.39 is 0 Å². The van der Waals surface area contributed by atoms with Crippen LogP contribution in [0.4, 0.5) is 0 Å². The highest BCUT2D eigenvalue weighted by Gasteiger charge is 2.38. The molecule has 1 heterocycles. The molecular formula is C14H24N2O4. The molecule has 1 saturated carbocycles. The Labute approximate surface area is 119 Å². The van der Waals surface area contributed by atoms with Crippen molar-refractivity contribution in [2.75, 3.05) is 26.2 Å². The summed E-state index contributed by atoms with van der Waals surface area (Å²) in [6.07, 6.45) is 0.896. The minimum atomic E-state index is -0.301. The Balaban J connectivity index is 1.69. The van der Waals surface area contributed by atoms with Gasteiger partial charge in [0.15, 0.2) is 0 Å². The number of carbonyl (C=O) groups is 2. The summed E-state index contributed by atoms with van der Waals surface area (Å²) in [5.74, 6) is 0.694. The smallest absolute Gasteiger partial charge is 0.224 e. The van der Waals surface area contributed by atoms with Crippen molar-refractivity contribution in [3.63, 3.8) is 0 Å². The van der Waals surface area contributed by atoms with E-state index in [0.717, 1.165) is 6.42 Å². The van der Waals surface area contributed by atoms with E-state index in [1.807, 2.05) is 6.92 Å². The Morgan fingerprint density at radius 1 is 1.35 bits per heavy atom. The number of hydrogen-bond acceptors (Lipinski definition) is 4. The van der Waals surface area contributed by atoms with Gasteiger partial charge in [-0.05, 0) is 19.3 Å². The fraction of sp³-hybridized carbons (Fsp3) is 0.857. The molecule has 0 aromatic rings. The molecule has 114 valence electrons. The summed E-state index contributed by atoms with van der Waals surface area (Å²) in [6.45, 7) is 5.22. The maximum Gasteiger partial charge on any atom is 0.224 e. The van der Waals surface area contributed by atoms with Crippen LogP contribution < -0.4 is 5.32 Å². The van der Waals surface area contributed by atoms with E-state index in [-0.39, 0.29) is 36.5 Å². The molecule has 2 aliphatic rings. The predicted octanol–water partition coefficient (Wildman–Crippen LogP) is -0.243. The number of morpholine rings is 1. The molecule has 1 saturated heterocycles. The highest BCUT2D eigenvalue weighted by Crippen LogP contribution is 2.37. The Morgan fingerprint density at radius 3 is 2.65 bits per heavy atom. The number of carbonyl (C=O) groups excluding carboxylic acids is 2. The topological polar surface area (TPSA) is 78.9 Å². The summed E-state index contributed by atoms with van der Waals surface area (Å²) in [5, 5.41) is 11.9. The van der Waals surface area contributed by atoms with Crippen LogP contribution >= 0.6 is 0 Å². The lowest BCUT2D eigenvalue weighted by Gasteiger charge is -2.36. The van der Waals surface area contributed by atoms with Gasteiger partial charge in [0.05, 0.1) is 18.8 Å². The molecular weight excluding hydrogens is 260 g/mol. The van der Waals surface area contributed by atoms with Crippen LogP contribution in [0.15, 0.2) is 0 Å². The lowest BCUT2D eigenvalue weighted by Crippen LogP contribution is -2.50. The van der Waals surface area contributed by atoms with Crippen LogP contribution in [-0.4, -0.2) is 60.3 Å². The lowest BCUT2D eigenvalue weighted by molar-refractivity contribution is -0.147. The minimum Gasteiger partial charge on any atom is -0.394 e. The zero-order valence-corrected chi connectivity index (χ0v) is 12.2. The van der Waals surface area contributed by atoms with Gasteiger partial charge in [-0.1, -0.05) is 6.92 Å². The fourth-order valence-electron chi connectivity index (χ4n) is 2.62. The van der Waals surface area contributed by atoms with Gasteiger partial charge in [0, 0.05) is 32.0 Å². The zero-order valence-electron chi connectivity index (χ0n) is 12.2. The first kappa shape index (κ1) is 15.3. The standard InChI is InChI=1S/C14H24N2O4/c1-9-5-12(9)14(19)15-4-3-13(18)16-6-10(2)20-11(7-16)8-17/h9-12,17H,3-8H2,1-2H3,(H,15,19). The van der Waals surface area contributed by atoms with Crippen LogP contribution in [0.2, 0.25) is 0 Å². The molecule has 4 atom stereocenters. The van der Waals surface area contributed by atoms with Gasteiger partial charge in [-0.3, -0.25) is 9.59 Å².